The van der Waals surface area contributed by atoms with Crippen LogP contribution in [0.25, 0.3) is 10.9 Å². The van der Waals surface area contributed by atoms with Crippen LogP contribution in [0, 0.1) is 11.7 Å². The van der Waals surface area contributed by atoms with Gasteiger partial charge in [-0.3, -0.25) is 9.79 Å². The molecule has 1 aromatic heterocycles. The zero-order valence-electron chi connectivity index (χ0n) is 21.5. The molecule has 3 aromatic rings. The van der Waals surface area contributed by atoms with Crippen molar-refractivity contribution in [2.24, 2.45) is 10.9 Å². The Balaban J connectivity index is 1.32. The van der Waals surface area contributed by atoms with Crippen LogP contribution < -0.4 is 5.32 Å². The van der Waals surface area contributed by atoms with Gasteiger partial charge in [0.2, 0.25) is 5.91 Å². The molecule has 0 fully saturated rings. The maximum absolute atomic E-state index is 13.5. The molecule has 38 heavy (non-hydrogen) atoms. The molecule has 1 amide bonds. The third kappa shape index (κ3) is 7.08. The van der Waals surface area contributed by atoms with Gasteiger partial charge in [-0.2, -0.15) is 0 Å². The van der Waals surface area contributed by atoms with Crippen molar-refractivity contribution in [2.45, 2.75) is 38.6 Å². The van der Waals surface area contributed by atoms with Gasteiger partial charge in [-0.25, -0.2) is 9.18 Å². The number of hydrogen-bond donors (Lipinski definition) is 3. The number of amides is 1. The predicted octanol–water partition coefficient (Wildman–Crippen LogP) is 5.84. The van der Waals surface area contributed by atoms with Crippen LogP contribution in [-0.2, 0) is 22.4 Å². The molecule has 0 radical (unpaired) electrons. The Hall–Kier alpha value is -3.04. The standard InChI is InChI=1S/C29H32FN3O3S2/c1-3-19(2)22(11-20-7-5-4-6-8-20)13-26(34)31-18-37-16-27-33-29(17-38-27,28(35)36)15-24-12-21-9-10-23(30)14-25(21)32-24/h4-10,12-14,19,32H,3,11,15-18H2,1-2H3,(H,31,34)(H,35,36)/b22-13-. The molecule has 1 aliphatic rings. The lowest BCUT2D eigenvalue weighted by molar-refractivity contribution is -0.142. The van der Waals surface area contributed by atoms with Gasteiger partial charge < -0.3 is 15.4 Å². The number of carboxylic acid groups (broad SMARTS) is 1. The number of aliphatic carboxylic acids is 1. The van der Waals surface area contributed by atoms with Crippen LogP contribution in [0.2, 0.25) is 0 Å². The quantitative estimate of drug-likeness (QED) is 0.149. The lowest BCUT2D eigenvalue weighted by atomic mass is 9.92. The second kappa shape index (κ2) is 12.7. The number of thioether (sulfide) groups is 2. The highest BCUT2D eigenvalue weighted by atomic mass is 32.2. The number of allylic oxidation sites excluding steroid dienone is 1. The number of carbonyl (C=O) groups excluding carboxylic acids is 1. The van der Waals surface area contributed by atoms with E-state index in [9.17, 15) is 19.1 Å². The summed E-state index contributed by atoms with van der Waals surface area (Å²) in [5.41, 5.74) is 2.35. The molecule has 2 aromatic carbocycles. The first kappa shape index (κ1) is 28.0. The first-order chi connectivity index (χ1) is 18.3. The first-order valence-corrected chi connectivity index (χ1v) is 14.7. The number of fused-ring (bicyclic) bond motifs is 1. The number of carboxylic acids is 1. The maximum atomic E-state index is 13.5. The van der Waals surface area contributed by atoms with Gasteiger partial charge in [-0.05, 0) is 54.0 Å². The Labute approximate surface area is 230 Å². The third-order valence-electron chi connectivity index (χ3n) is 6.72. The van der Waals surface area contributed by atoms with Gasteiger partial charge in [0, 0.05) is 35.2 Å². The smallest absolute Gasteiger partial charge is 0.332 e. The van der Waals surface area contributed by atoms with E-state index >= 15 is 0 Å². The highest BCUT2D eigenvalue weighted by Gasteiger charge is 2.43. The van der Waals surface area contributed by atoms with Crippen molar-refractivity contribution in [3.63, 3.8) is 0 Å². The number of carbonyl (C=O) groups is 2. The zero-order chi connectivity index (χ0) is 27.1. The van der Waals surface area contributed by atoms with E-state index < -0.39 is 11.5 Å². The Kier molecular flexibility index (Phi) is 9.33. The predicted molar refractivity (Wildman–Crippen MR) is 155 cm³/mol. The summed E-state index contributed by atoms with van der Waals surface area (Å²) in [7, 11) is 0. The zero-order valence-corrected chi connectivity index (χ0v) is 23.1. The van der Waals surface area contributed by atoms with E-state index in [4.69, 9.17) is 0 Å². The molecular weight excluding hydrogens is 521 g/mol. The van der Waals surface area contributed by atoms with Gasteiger partial charge >= 0.3 is 5.97 Å². The summed E-state index contributed by atoms with van der Waals surface area (Å²) in [6.45, 7) is 4.25. The number of hydrogen-bond acceptors (Lipinski definition) is 5. The van der Waals surface area contributed by atoms with Crippen molar-refractivity contribution in [1.82, 2.24) is 10.3 Å². The number of aromatic nitrogens is 1. The summed E-state index contributed by atoms with van der Waals surface area (Å²) in [5.74, 6) is 0.102. The van der Waals surface area contributed by atoms with E-state index in [1.807, 2.05) is 24.3 Å². The normalized spacial score (nSPS) is 18.4. The number of nitrogens with one attached hydrogen (secondary N) is 2. The monoisotopic (exact) mass is 553 g/mol. The van der Waals surface area contributed by atoms with E-state index in [1.54, 1.807) is 12.1 Å². The fourth-order valence-corrected chi connectivity index (χ4v) is 6.47. The van der Waals surface area contributed by atoms with Crippen LogP contribution in [0.4, 0.5) is 4.39 Å². The molecule has 0 aliphatic carbocycles. The van der Waals surface area contributed by atoms with Crippen LogP contribution >= 0.6 is 23.5 Å². The van der Waals surface area contributed by atoms with Crippen LogP contribution in [0.5, 0.6) is 0 Å². The second-order valence-corrected chi connectivity index (χ2v) is 11.6. The van der Waals surface area contributed by atoms with Crippen molar-refractivity contribution in [3.05, 3.63) is 83.3 Å². The SMILES string of the molecule is CCC(C)/C(=C\C(=O)NCSCC1=NC(Cc2cc3ccc(F)cc3[nH]2)(C(=O)O)CS1)Cc1ccccc1. The molecule has 3 N–H and O–H groups in total. The highest BCUT2D eigenvalue weighted by Crippen LogP contribution is 2.33. The molecule has 4 rings (SSSR count). The van der Waals surface area contributed by atoms with Crippen molar-refractivity contribution >= 4 is 51.3 Å². The van der Waals surface area contributed by atoms with E-state index in [1.165, 1.54) is 41.2 Å². The van der Waals surface area contributed by atoms with Crippen LogP contribution in [-0.4, -0.2) is 49.9 Å². The van der Waals surface area contributed by atoms with Crippen molar-refractivity contribution in [3.8, 4) is 0 Å². The van der Waals surface area contributed by atoms with Gasteiger partial charge in [0.15, 0.2) is 5.54 Å². The van der Waals surface area contributed by atoms with Crippen molar-refractivity contribution in [1.29, 1.82) is 0 Å². The molecule has 0 bridgehead atoms. The number of halogens is 1. The van der Waals surface area contributed by atoms with Crippen LogP contribution in [0.1, 0.15) is 31.5 Å². The summed E-state index contributed by atoms with van der Waals surface area (Å²) in [6, 6.07) is 16.4. The van der Waals surface area contributed by atoms with E-state index in [2.05, 4.69) is 41.3 Å². The molecule has 2 unspecified atom stereocenters. The molecule has 2 atom stereocenters. The molecule has 200 valence electrons. The summed E-state index contributed by atoms with van der Waals surface area (Å²) < 4.78 is 13.5. The highest BCUT2D eigenvalue weighted by molar-refractivity contribution is 8.16. The number of nitrogens with zero attached hydrogens (tertiary/aromatic N) is 1. The topological polar surface area (TPSA) is 94.5 Å². The molecule has 0 saturated heterocycles. The van der Waals surface area contributed by atoms with Gasteiger partial charge in [0.1, 0.15) is 5.82 Å². The van der Waals surface area contributed by atoms with Crippen molar-refractivity contribution in [2.75, 3.05) is 17.4 Å². The molecular formula is C29H32FN3O3S2. The Morgan fingerprint density at radius 1 is 1.26 bits per heavy atom. The minimum atomic E-state index is -1.27. The van der Waals surface area contributed by atoms with E-state index in [0.717, 1.165) is 28.8 Å². The molecule has 2 heterocycles. The lowest BCUT2D eigenvalue weighted by Crippen LogP contribution is -2.39. The molecule has 1 aliphatic heterocycles. The summed E-state index contributed by atoms with van der Waals surface area (Å²) in [6.07, 6.45) is 3.61. The number of aromatic amines is 1. The minimum absolute atomic E-state index is 0.125. The Bertz CT molecular complexity index is 1360. The second-order valence-electron chi connectivity index (χ2n) is 9.56. The van der Waals surface area contributed by atoms with E-state index in [0.29, 0.717) is 34.5 Å². The summed E-state index contributed by atoms with van der Waals surface area (Å²) in [5, 5.41) is 14.5. The van der Waals surface area contributed by atoms with Crippen molar-refractivity contribution < 1.29 is 19.1 Å². The van der Waals surface area contributed by atoms with Gasteiger partial charge in [-0.15, -0.1) is 23.5 Å². The summed E-state index contributed by atoms with van der Waals surface area (Å²) in [4.78, 5) is 32.5. The summed E-state index contributed by atoms with van der Waals surface area (Å²) >= 11 is 2.93. The van der Waals surface area contributed by atoms with Crippen LogP contribution in [0.15, 0.2) is 71.2 Å². The van der Waals surface area contributed by atoms with Gasteiger partial charge in [0.25, 0.3) is 0 Å². The maximum Gasteiger partial charge on any atom is 0.332 e. The lowest BCUT2D eigenvalue weighted by Gasteiger charge is -2.19. The van der Waals surface area contributed by atoms with Gasteiger partial charge in [-0.1, -0.05) is 49.8 Å². The molecule has 9 heteroatoms. The fourth-order valence-electron chi connectivity index (χ4n) is 4.37. The first-order valence-electron chi connectivity index (χ1n) is 12.6. The Morgan fingerprint density at radius 3 is 2.79 bits per heavy atom. The van der Waals surface area contributed by atoms with Crippen LogP contribution in [0.3, 0.4) is 0 Å². The minimum Gasteiger partial charge on any atom is -0.479 e. The molecule has 0 spiro atoms. The number of H-pyrrole nitrogens is 1. The van der Waals surface area contributed by atoms with E-state index in [-0.39, 0.29) is 18.1 Å². The largest absolute Gasteiger partial charge is 0.479 e. The Morgan fingerprint density at radius 2 is 2.05 bits per heavy atom. The number of benzene rings is 2. The number of aliphatic imine (C=N–C) groups is 1. The molecule has 6 nitrogen and oxygen atoms in total. The third-order valence-corrected chi connectivity index (χ3v) is 8.92. The molecule has 0 saturated carbocycles. The fraction of sp³-hybridized carbons (Fsp3) is 0.345. The number of rotatable bonds is 12. The van der Waals surface area contributed by atoms with Gasteiger partial charge in [0.05, 0.1) is 10.9 Å². The average molecular weight is 554 g/mol. The average Bonchev–Trinajstić information content (AvgIpc) is 3.50.